The van der Waals surface area contributed by atoms with E-state index in [1.165, 1.54) is 5.56 Å². The lowest BCUT2D eigenvalue weighted by Gasteiger charge is -2.14. The van der Waals surface area contributed by atoms with Crippen molar-refractivity contribution in [2.75, 3.05) is 6.54 Å². The molecule has 1 rings (SSSR count). The first-order valence-corrected chi connectivity index (χ1v) is 6.04. The van der Waals surface area contributed by atoms with Crippen LogP contribution in [-0.4, -0.2) is 12.6 Å². The van der Waals surface area contributed by atoms with Crippen molar-refractivity contribution < 1.29 is 4.74 Å². The zero-order chi connectivity index (χ0) is 12.7. The summed E-state index contributed by atoms with van der Waals surface area (Å²) in [7, 11) is 0. The van der Waals surface area contributed by atoms with E-state index in [9.17, 15) is 0 Å². The molecule has 1 N–H and O–H groups in total. The van der Waals surface area contributed by atoms with Crippen molar-refractivity contribution in [1.82, 2.24) is 5.32 Å². The molecule has 3 nitrogen and oxygen atoms in total. The zero-order valence-electron chi connectivity index (χ0n) is 10.8. The van der Waals surface area contributed by atoms with Crippen LogP contribution in [0.1, 0.15) is 31.4 Å². The molecule has 0 saturated carbocycles. The summed E-state index contributed by atoms with van der Waals surface area (Å²) in [5.41, 5.74) is 2.32. The van der Waals surface area contributed by atoms with Crippen LogP contribution in [0.5, 0.6) is 5.75 Å². The first-order chi connectivity index (χ1) is 8.17. The molecule has 1 atom stereocenters. The Hall–Kier alpha value is -1.53. The van der Waals surface area contributed by atoms with Crippen molar-refractivity contribution >= 4 is 0 Å². The van der Waals surface area contributed by atoms with Gasteiger partial charge in [0.25, 0.3) is 0 Å². The molecule has 17 heavy (non-hydrogen) atoms. The summed E-state index contributed by atoms with van der Waals surface area (Å²) >= 11 is 0. The van der Waals surface area contributed by atoms with Gasteiger partial charge in [0.05, 0.1) is 0 Å². The van der Waals surface area contributed by atoms with Crippen LogP contribution in [0.25, 0.3) is 0 Å². The highest BCUT2D eigenvalue weighted by atomic mass is 16.5. The highest BCUT2D eigenvalue weighted by molar-refractivity contribution is 5.37. The molecule has 0 radical (unpaired) electrons. The number of benzene rings is 1. The van der Waals surface area contributed by atoms with Gasteiger partial charge in [-0.15, -0.1) is 0 Å². The summed E-state index contributed by atoms with van der Waals surface area (Å²) in [5, 5.41) is 12.1. The molecule has 0 aliphatic rings. The van der Waals surface area contributed by atoms with Gasteiger partial charge in [-0.05, 0) is 32.9 Å². The van der Waals surface area contributed by atoms with Gasteiger partial charge in [-0.25, -0.2) is 0 Å². The predicted octanol–water partition coefficient (Wildman–Crippen LogP) is 2.79. The molecule has 92 valence electrons. The minimum absolute atomic E-state index is 0.414. The number of nitrogens with zero attached hydrogens (tertiary/aromatic N) is 1. The lowest BCUT2D eigenvalue weighted by molar-refractivity contribution is 0.273. The van der Waals surface area contributed by atoms with Crippen molar-refractivity contribution in [2.24, 2.45) is 0 Å². The van der Waals surface area contributed by atoms with Crippen LogP contribution < -0.4 is 10.1 Å². The maximum atomic E-state index is 8.77. The third-order valence-electron chi connectivity index (χ3n) is 2.44. The Morgan fingerprint density at radius 2 is 2.24 bits per heavy atom. The minimum Gasteiger partial charge on any atom is -0.476 e. The molecule has 0 aromatic heterocycles. The van der Waals surface area contributed by atoms with E-state index in [-0.39, 0.29) is 0 Å². The fraction of sp³-hybridized carbons (Fsp3) is 0.500. The molecule has 0 bridgehead atoms. The predicted molar refractivity (Wildman–Crippen MR) is 68.9 cm³/mol. The monoisotopic (exact) mass is 232 g/mol. The average molecular weight is 232 g/mol. The van der Waals surface area contributed by atoms with Crippen molar-refractivity contribution in [1.29, 1.82) is 5.26 Å². The topological polar surface area (TPSA) is 45.0 Å². The number of ether oxygens (including phenoxy) is 1. The number of hydrogen-bond donors (Lipinski definition) is 1. The number of nitrogens with one attached hydrogen (secondary N) is 1. The fourth-order valence-corrected chi connectivity index (χ4v) is 1.58. The quantitative estimate of drug-likeness (QED) is 0.767. The summed E-state index contributed by atoms with van der Waals surface area (Å²) in [4.78, 5) is 0. The molecule has 0 heterocycles. The summed E-state index contributed by atoms with van der Waals surface area (Å²) in [6, 6.07) is 8.12. The van der Waals surface area contributed by atoms with Crippen LogP contribution in [0, 0.1) is 18.3 Å². The Balaban J connectivity index is 2.77. The number of nitriles is 1. The Morgan fingerprint density at radius 1 is 1.47 bits per heavy atom. The van der Waals surface area contributed by atoms with E-state index in [1.807, 2.05) is 12.1 Å². The fourth-order valence-electron chi connectivity index (χ4n) is 1.58. The molecule has 0 aliphatic heterocycles. The smallest absolute Gasteiger partial charge is 0.181 e. The number of rotatable bonds is 6. The van der Waals surface area contributed by atoms with Gasteiger partial charge in [0, 0.05) is 12.1 Å². The minimum atomic E-state index is -0.414. The molecular formula is C14H20N2O. The Bertz CT molecular complexity index is 396. The van der Waals surface area contributed by atoms with Gasteiger partial charge in [0.2, 0.25) is 0 Å². The second-order valence-electron chi connectivity index (χ2n) is 4.18. The standard InChI is InChI=1S/C14H20N2O/c1-4-7-16-10-13-8-11(2)5-6-14(13)17-12(3)9-15/h5-6,8,12,16H,4,7,10H2,1-3H3. The molecule has 0 spiro atoms. The highest BCUT2D eigenvalue weighted by Gasteiger charge is 2.07. The van der Waals surface area contributed by atoms with E-state index < -0.39 is 6.10 Å². The lowest BCUT2D eigenvalue weighted by atomic mass is 10.1. The lowest BCUT2D eigenvalue weighted by Crippen LogP contribution is -2.16. The van der Waals surface area contributed by atoms with E-state index in [1.54, 1.807) is 6.92 Å². The maximum Gasteiger partial charge on any atom is 0.181 e. The van der Waals surface area contributed by atoms with Crippen molar-refractivity contribution in [3.63, 3.8) is 0 Å². The first-order valence-electron chi connectivity index (χ1n) is 6.04. The largest absolute Gasteiger partial charge is 0.476 e. The molecule has 1 unspecified atom stereocenters. The van der Waals surface area contributed by atoms with E-state index in [0.717, 1.165) is 30.8 Å². The summed E-state index contributed by atoms with van der Waals surface area (Å²) in [5.74, 6) is 0.799. The molecule has 3 heteroatoms. The number of aryl methyl sites for hydroxylation is 1. The van der Waals surface area contributed by atoms with Crippen LogP contribution in [0.2, 0.25) is 0 Å². The second-order valence-corrected chi connectivity index (χ2v) is 4.18. The van der Waals surface area contributed by atoms with Crippen molar-refractivity contribution in [2.45, 2.75) is 39.8 Å². The maximum absolute atomic E-state index is 8.77. The van der Waals surface area contributed by atoms with Gasteiger partial charge < -0.3 is 10.1 Å². The van der Waals surface area contributed by atoms with Crippen LogP contribution in [0.4, 0.5) is 0 Å². The van der Waals surface area contributed by atoms with Gasteiger partial charge in [-0.3, -0.25) is 0 Å². The Morgan fingerprint density at radius 3 is 2.88 bits per heavy atom. The third kappa shape index (κ3) is 4.46. The van der Waals surface area contributed by atoms with Crippen LogP contribution in [-0.2, 0) is 6.54 Å². The van der Waals surface area contributed by atoms with Crippen LogP contribution in [0.3, 0.4) is 0 Å². The van der Waals surface area contributed by atoms with Crippen LogP contribution in [0.15, 0.2) is 18.2 Å². The van der Waals surface area contributed by atoms with E-state index in [0.29, 0.717) is 0 Å². The second kappa shape index (κ2) is 6.93. The Labute approximate surface area is 103 Å². The molecular weight excluding hydrogens is 212 g/mol. The molecule has 1 aromatic rings. The van der Waals surface area contributed by atoms with Crippen molar-refractivity contribution in [3.05, 3.63) is 29.3 Å². The van der Waals surface area contributed by atoms with Gasteiger partial charge in [0.15, 0.2) is 6.10 Å². The average Bonchev–Trinajstić information content (AvgIpc) is 2.32. The van der Waals surface area contributed by atoms with Gasteiger partial charge in [0.1, 0.15) is 11.8 Å². The molecule has 0 aliphatic carbocycles. The molecule has 0 saturated heterocycles. The third-order valence-corrected chi connectivity index (χ3v) is 2.44. The first kappa shape index (κ1) is 13.5. The van der Waals surface area contributed by atoms with Gasteiger partial charge >= 0.3 is 0 Å². The normalized spacial score (nSPS) is 11.9. The summed E-state index contributed by atoms with van der Waals surface area (Å²) in [6.07, 6.45) is 0.694. The van der Waals surface area contributed by atoms with E-state index in [2.05, 4.69) is 31.3 Å². The van der Waals surface area contributed by atoms with Gasteiger partial charge in [-0.2, -0.15) is 5.26 Å². The number of hydrogen-bond acceptors (Lipinski definition) is 3. The Kier molecular flexibility index (Phi) is 5.51. The summed E-state index contributed by atoms with van der Waals surface area (Å²) in [6.45, 7) is 7.71. The molecule has 0 fully saturated rings. The molecule has 1 aromatic carbocycles. The SMILES string of the molecule is CCCNCc1cc(C)ccc1OC(C)C#N. The summed E-state index contributed by atoms with van der Waals surface area (Å²) < 4.78 is 5.58. The van der Waals surface area contributed by atoms with E-state index in [4.69, 9.17) is 10.00 Å². The van der Waals surface area contributed by atoms with E-state index >= 15 is 0 Å². The van der Waals surface area contributed by atoms with Gasteiger partial charge in [-0.1, -0.05) is 24.6 Å². The highest BCUT2D eigenvalue weighted by Crippen LogP contribution is 2.21. The molecule has 0 amide bonds. The van der Waals surface area contributed by atoms with Crippen molar-refractivity contribution in [3.8, 4) is 11.8 Å². The van der Waals surface area contributed by atoms with Crippen LogP contribution >= 0.6 is 0 Å². The zero-order valence-corrected chi connectivity index (χ0v) is 10.8.